The van der Waals surface area contributed by atoms with Crippen LogP contribution in [0.25, 0.3) is 0 Å². The van der Waals surface area contributed by atoms with Crippen LogP contribution in [0.15, 0.2) is 15.1 Å². The fourth-order valence-corrected chi connectivity index (χ4v) is 3.24. The molecular formula is C12H15BrN2OS. The third-order valence-electron chi connectivity index (χ3n) is 2.69. The molecule has 0 saturated heterocycles. The fraction of sp³-hybridized carbons (Fsp3) is 0.417. The van der Waals surface area contributed by atoms with Crippen molar-refractivity contribution in [3.05, 3.63) is 37.3 Å². The fourth-order valence-electron chi connectivity index (χ4n) is 1.67. The van der Waals surface area contributed by atoms with Crippen LogP contribution in [-0.2, 0) is 13.1 Å². The minimum atomic E-state index is 0.801. The quantitative estimate of drug-likeness (QED) is 0.934. The average molecular weight is 315 g/mol. The van der Waals surface area contributed by atoms with Gasteiger partial charge < -0.3 is 9.84 Å². The highest BCUT2D eigenvalue weighted by atomic mass is 79.9. The molecule has 0 amide bonds. The van der Waals surface area contributed by atoms with Crippen molar-refractivity contribution in [3.63, 3.8) is 0 Å². The van der Waals surface area contributed by atoms with E-state index in [0.717, 1.165) is 30.1 Å². The molecule has 17 heavy (non-hydrogen) atoms. The van der Waals surface area contributed by atoms with Gasteiger partial charge in [0.2, 0.25) is 0 Å². The first-order chi connectivity index (χ1) is 8.08. The summed E-state index contributed by atoms with van der Waals surface area (Å²) in [5.41, 5.74) is 2.14. The Bertz CT molecular complexity index is 480. The monoisotopic (exact) mass is 314 g/mol. The third kappa shape index (κ3) is 2.97. The van der Waals surface area contributed by atoms with E-state index in [1.165, 1.54) is 14.2 Å². The first-order valence-electron chi connectivity index (χ1n) is 5.45. The lowest BCUT2D eigenvalue weighted by atomic mass is 10.2. The molecule has 2 rings (SSSR count). The van der Waals surface area contributed by atoms with Gasteiger partial charge in [0.25, 0.3) is 0 Å². The number of rotatable bonds is 4. The van der Waals surface area contributed by atoms with E-state index in [1.54, 1.807) is 0 Å². The van der Waals surface area contributed by atoms with Gasteiger partial charge in [-0.3, -0.25) is 0 Å². The molecule has 92 valence electrons. The summed E-state index contributed by atoms with van der Waals surface area (Å²) in [5, 5.41) is 7.36. The second-order valence-electron chi connectivity index (χ2n) is 4.02. The van der Waals surface area contributed by atoms with E-state index in [2.05, 4.69) is 39.4 Å². The topological polar surface area (TPSA) is 38.1 Å². The summed E-state index contributed by atoms with van der Waals surface area (Å²) in [7, 11) is 0. The molecule has 2 heterocycles. The van der Waals surface area contributed by atoms with E-state index < -0.39 is 0 Å². The molecule has 0 aliphatic carbocycles. The highest BCUT2D eigenvalue weighted by Crippen LogP contribution is 2.26. The summed E-state index contributed by atoms with van der Waals surface area (Å²) >= 11 is 5.34. The van der Waals surface area contributed by atoms with Crippen LogP contribution >= 0.6 is 27.3 Å². The van der Waals surface area contributed by atoms with Gasteiger partial charge in [0, 0.05) is 32.9 Å². The molecule has 0 saturated carbocycles. The maximum absolute atomic E-state index is 5.13. The van der Waals surface area contributed by atoms with Crippen molar-refractivity contribution in [2.45, 2.75) is 33.9 Å². The number of hydrogen-bond donors (Lipinski definition) is 1. The minimum Gasteiger partial charge on any atom is -0.361 e. The second kappa shape index (κ2) is 5.33. The highest BCUT2D eigenvalue weighted by molar-refractivity contribution is 9.10. The van der Waals surface area contributed by atoms with E-state index >= 15 is 0 Å². The molecule has 0 aliphatic rings. The highest BCUT2D eigenvalue weighted by Gasteiger charge is 2.08. The van der Waals surface area contributed by atoms with Crippen LogP contribution in [0, 0.1) is 20.8 Å². The van der Waals surface area contributed by atoms with Crippen molar-refractivity contribution in [3.8, 4) is 0 Å². The van der Waals surface area contributed by atoms with E-state index in [1.807, 2.05) is 25.2 Å². The molecule has 0 radical (unpaired) electrons. The molecule has 0 bridgehead atoms. The number of thiophene rings is 1. The van der Waals surface area contributed by atoms with Gasteiger partial charge in [-0.2, -0.15) is 0 Å². The van der Waals surface area contributed by atoms with Gasteiger partial charge in [0.05, 0.1) is 5.69 Å². The predicted molar refractivity (Wildman–Crippen MR) is 73.3 cm³/mol. The molecule has 0 spiro atoms. The predicted octanol–water partition coefficient (Wildman–Crippen LogP) is 3.71. The van der Waals surface area contributed by atoms with Crippen molar-refractivity contribution in [1.29, 1.82) is 0 Å². The summed E-state index contributed by atoms with van der Waals surface area (Å²) in [4.78, 5) is 2.65. The molecule has 2 aromatic heterocycles. The summed E-state index contributed by atoms with van der Waals surface area (Å²) in [5.74, 6) is 0.901. The lowest BCUT2D eigenvalue weighted by Crippen LogP contribution is -2.12. The molecular weight excluding hydrogens is 300 g/mol. The van der Waals surface area contributed by atoms with Crippen LogP contribution in [-0.4, -0.2) is 5.16 Å². The molecule has 2 aromatic rings. The molecule has 0 atom stereocenters. The Labute approximate surface area is 113 Å². The summed E-state index contributed by atoms with van der Waals surface area (Å²) in [6.07, 6.45) is 0. The zero-order valence-electron chi connectivity index (χ0n) is 10.1. The van der Waals surface area contributed by atoms with Crippen molar-refractivity contribution in [1.82, 2.24) is 10.5 Å². The van der Waals surface area contributed by atoms with E-state index in [4.69, 9.17) is 4.52 Å². The van der Waals surface area contributed by atoms with Gasteiger partial charge in [-0.25, -0.2) is 0 Å². The van der Waals surface area contributed by atoms with Gasteiger partial charge in [0.15, 0.2) is 0 Å². The average Bonchev–Trinajstić information content (AvgIpc) is 2.75. The Kier molecular flexibility index (Phi) is 4.01. The number of nitrogens with zero attached hydrogens (tertiary/aromatic N) is 1. The Morgan fingerprint density at radius 3 is 2.65 bits per heavy atom. The lowest BCUT2D eigenvalue weighted by Gasteiger charge is -2.02. The first-order valence-corrected chi connectivity index (χ1v) is 7.06. The van der Waals surface area contributed by atoms with Crippen LogP contribution in [0.4, 0.5) is 0 Å². The molecule has 3 nitrogen and oxygen atoms in total. The van der Waals surface area contributed by atoms with Crippen molar-refractivity contribution < 1.29 is 4.52 Å². The van der Waals surface area contributed by atoms with Crippen LogP contribution in [0.1, 0.15) is 26.8 Å². The van der Waals surface area contributed by atoms with Crippen molar-refractivity contribution in [2.75, 3.05) is 0 Å². The number of nitrogens with one attached hydrogen (secondary N) is 1. The summed E-state index contributed by atoms with van der Waals surface area (Å²) < 4.78 is 6.32. The molecule has 0 aromatic carbocycles. The van der Waals surface area contributed by atoms with Gasteiger partial charge in [-0.1, -0.05) is 5.16 Å². The van der Waals surface area contributed by atoms with Crippen molar-refractivity contribution in [2.24, 2.45) is 0 Å². The van der Waals surface area contributed by atoms with Crippen molar-refractivity contribution >= 4 is 27.3 Å². The maximum Gasteiger partial charge on any atom is 0.138 e. The summed E-state index contributed by atoms with van der Waals surface area (Å²) in [6.45, 7) is 7.71. The van der Waals surface area contributed by atoms with Crippen LogP contribution in [0.2, 0.25) is 0 Å². The third-order valence-corrected chi connectivity index (χ3v) is 4.83. The number of hydrogen-bond acceptors (Lipinski definition) is 4. The molecule has 0 unspecified atom stereocenters. The Balaban J connectivity index is 1.92. The second-order valence-corrected chi connectivity index (χ2v) is 6.22. The SMILES string of the molecule is Cc1noc(C)c1CNCc1cc(Br)c(C)s1. The Morgan fingerprint density at radius 2 is 2.12 bits per heavy atom. The largest absolute Gasteiger partial charge is 0.361 e. The number of aryl methyl sites for hydroxylation is 3. The normalized spacial score (nSPS) is 11.1. The van der Waals surface area contributed by atoms with Gasteiger partial charge in [0.1, 0.15) is 5.76 Å². The van der Waals surface area contributed by atoms with Gasteiger partial charge in [-0.05, 0) is 42.8 Å². The van der Waals surface area contributed by atoms with Crippen LogP contribution in [0.5, 0.6) is 0 Å². The molecule has 0 fully saturated rings. The Morgan fingerprint density at radius 1 is 1.35 bits per heavy atom. The van der Waals surface area contributed by atoms with E-state index in [-0.39, 0.29) is 0 Å². The molecule has 5 heteroatoms. The summed E-state index contributed by atoms with van der Waals surface area (Å²) in [6, 6.07) is 2.17. The standard InChI is InChI=1S/C12H15BrN2OS/c1-7-11(8(2)16-15-7)6-14-5-10-4-12(13)9(3)17-10/h4,14H,5-6H2,1-3H3. The minimum absolute atomic E-state index is 0.801. The molecule has 1 N–H and O–H groups in total. The van der Waals surface area contributed by atoms with Crippen LogP contribution in [0.3, 0.4) is 0 Å². The lowest BCUT2D eigenvalue weighted by molar-refractivity contribution is 0.392. The zero-order chi connectivity index (χ0) is 12.4. The number of halogens is 1. The smallest absolute Gasteiger partial charge is 0.138 e. The first kappa shape index (κ1) is 12.8. The Hall–Kier alpha value is -0.650. The van der Waals surface area contributed by atoms with E-state index in [9.17, 15) is 0 Å². The maximum atomic E-state index is 5.13. The van der Waals surface area contributed by atoms with E-state index in [0.29, 0.717) is 0 Å². The van der Waals surface area contributed by atoms with Crippen LogP contribution < -0.4 is 5.32 Å². The molecule has 0 aliphatic heterocycles. The zero-order valence-corrected chi connectivity index (χ0v) is 12.5. The number of aromatic nitrogens is 1. The van der Waals surface area contributed by atoms with Gasteiger partial charge >= 0.3 is 0 Å². The van der Waals surface area contributed by atoms with Gasteiger partial charge in [-0.15, -0.1) is 11.3 Å².